The maximum Gasteiger partial charge on any atom is 0.410 e. The molecule has 12 nitrogen and oxygen atoms in total. The third-order valence-corrected chi connectivity index (χ3v) is 12.6. The molecule has 2 bridgehead atoms. The molecule has 9 rings (SSSR count). The van der Waals surface area contributed by atoms with Gasteiger partial charge in [-0.1, -0.05) is 37.5 Å². The van der Waals surface area contributed by atoms with Crippen LogP contribution in [0.15, 0.2) is 54.7 Å². The van der Waals surface area contributed by atoms with Crippen molar-refractivity contribution in [3.8, 4) is 41.1 Å². The molecule has 0 saturated carbocycles. The van der Waals surface area contributed by atoms with Crippen LogP contribution < -0.4 is 14.4 Å². The number of benzene rings is 3. The highest BCUT2D eigenvalue weighted by Crippen LogP contribution is 2.43. The number of aromatic hydroxyl groups is 1. The Hall–Kier alpha value is -6.14. The third-order valence-electron chi connectivity index (χ3n) is 12.6. The van der Waals surface area contributed by atoms with Crippen molar-refractivity contribution in [1.82, 2.24) is 24.8 Å². The molecule has 316 valence electrons. The molecule has 2 aromatic heterocycles. The number of unbranched alkanes of at least 4 members (excludes halogenated alkanes) is 1. The topological polar surface area (TPSA) is 130 Å². The number of rotatable bonds is 11. The van der Waals surface area contributed by atoms with Crippen LogP contribution in [-0.2, 0) is 16.1 Å². The summed E-state index contributed by atoms with van der Waals surface area (Å²) in [4.78, 5) is 45.4. The van der Waals surface area contributed by atoms with E-state index >= 15 is 8.78 Å². The molecule has 2 unspecified atom stereocenters. The Labute approximate surface area is 350 Å². The van der Waals surface area contributed by atoms with Crippen LogP contribution in [0.25, 0.3) is 32.9 Å². The van der Waals surface area contributed by atoms with Crippen LogP contribution in [0.2, 0.25) is 0 Å². The number of pyridine rings is 1. The zero-order chi connectivity index (χ0) is 42.4. The van der Waals surface area contributed by atoms with Crippen LogP contribution in [0.3, 0.4) is 0 Å². The van der Waals surface area contributed by atoms with Crippen LogP contribution >= 0.6 is 0 Å². The van der Waals surface area contributed by atoms with Crippen molar-refractivity contribution < 1.29 is 42.1 Å². The summed E-state index contributed by atoms with van der Waals surface area (Å²) in [5.74, 6) is 1.12. The van der Waals surface area contributed by atoms with Crippen molar-refractivity contribution in [2.75, 3.05) is 37.7 Å². The number of terminal acetylenes is 1. The van der Waals surface area contributed by atoms with Gasteiger partial charge in [-0.05, 0) is 79.9 Å². The molecule has 4 atom stereocenters. The standard InChI is InChI=1S/C46H45F3N6O6/c1-3-5-7-38(57)61-33-13-8-27(9-14-33)25-59-45(58)55-30-11-12-31(55)24-53(23-30)43-36-21-50-41(35-19-32(56)18-28-10-15-37(48)34(4-2)39(28)35)40(49)42(36)51-44(52-43)60-26-46-16-6-17-54(46)22-29(47)20-46/h2,8-10,13-15,18-19,21,29-31,56H,3,5-7,11-12,16-17,20,22-26H2,1H3/t29-,30?,31?,46+/m1/s1. The Morgan fingerprint density at radius 1 is 1.05 bits per heavy atom. The Morgan fingerprint density at radius 3 is 2.59 bits per heavy atom. The van der Waals surface area contributed by atoms with E-state index in [0.29, 0.717) is 62.3 Å². The number of anilines is 1. The number of fused-ring (bicyclic) bond motifs is 5. The number of carbonyl (C=O) groups excluding carboxylic acids is 2. The molecular formula is C46H45F3N6O6. The summed E-state index contributed by atoms with van der Waals surface area (Å²) in [5, 5.41) is 11.6. The van der Waals surface area contributed by atoms with E-state index in [1.807, 2.05) is 11.8 Å². The highest BCUT2D eigenvalue weighted by molar-refractivity contribution is 6.03. The maximum atomic E-state index is 17.2. The van der Waals surface area contributed by atoms with Crippen molar-refractivity contribution in [1.29, 1.82) is 0 Å². The van der Waals surface area contributed by atoms with Crippen molar-refractivity contribution in [2.45, 2.75) is 88.7 Å². The monoisotopic (exact) mass is 834 g/mol. The second-order valence-corrected chi connectivity index (χ2v) is 16.5. The highest BCUT2D eigenvalue weighted by Gasteiger charge is 2.50. The van der Waals surface area contributed by atoms with Gasteiger partial charge < -0.3 is 24.2 Å². The summed E-state index contributed by atoms with van der Waals surface area (Å²) in [5.41, 5.74) is -0.138. The fourth-order valence-electron chi connectivity index (χ4n) is 9.67. The van der Waals surface area contributed by atoms with Gasteiger partial charge in [0.25, 0.3) is 0 Å². The van der Waals surface area contributed by atoms with E-state index < -0.39 is 29.4 Å². The first-order chi connectivity index (χ1) is 29.5. The Kier molecular flexibility index (Phi) is 10.8. The molecule has 0 aliphatic carbocycles. The lowest BCUT2D eigenvalue weighted by atomic mass is 9.95. The summed E-state index contributed by atoms with van der Waals surface area (Å²) in [7, 11) is 0. The van der Waals surface area contributed by atoms with E-state index in [9.17, 15) is 19.1 Å². The molecule has 0 spiro atoms. The number of ether oxygens (including phenoxy) is 3. The number of hydrogen-bond donors (Lipinski definition) is 1. The van der Waals surface area contributed by atoms with E-state index in [-0.39, 0.29) is 76.1 Å². The first-order valence-electron chi connectivity index (χ1n) is 20.8. The minimum Gasteiger partial charge on any atom is -0.508 e. The largest absolute Gasteiger partial charge is 0.508 e. The number of phenols is 1. The van der Waals surface area contributed by atoms with E-state index in [0.717, 1.165) is 37.8 Å². The van der Waals surface area contributed by atoms with Gasteiger partial charge in [-0.25, -0.2) is 18.0 Å². The summed E-state index contributed by atoms with van der Waals surface area (Å²) in [6, 6.07) is 11.6. The van der Waals surface area contributed by atoms with Gasteiger partial charge >= 0.3 is 18.1 Å². The van der Waals surface area contributed by atoms with Gasteiger partial charge in [0.2, 0.25) is 0 Å². The van der Waals surface area contributed by atoms with Crippen molar-refractivity contribution in [2.24, 2.45) is 0 Å². The molecule has 15 heteroatoms. The zero-order valence-corrected chi connectivity index (χ0v) is 33.7. The van der Waals surface area contributed by atoms with E-state index in [4.69, 9.17) is 25.6 Å². The summed E-state index contributed by atoms with van der Waals surface area (Å²) in [6.07, 6.45) is 11.1. The summed E-state index contributed by atoms with van der Waals surface area (Å²) in [6.45, 7) is 3.92. The minimum atomic E-state index is -0.983. The van der Waals surface area contributed by atoms with Gasteiger partial charge in [0.05, 0.1) is 28.6 Å². The molecule has 4 aliphatic rings. The van der Waals surface area contributed by atoms with Crippen molar-refractivity contribution in [3.63, 3.8) is 0 Å². The predicted octanol–water partition coefficient (Wildman–Crippen LogP) is 7.85. The lowest BCUT2D eigenvalue weighted by Gasteiger charge is -2.41. The van der Waals surface area contributed by atoms with Crippen LogP contribution in [-0.4, -0.2) is 98.5 Å². The lowest BCUT2D eigenvalue weighted by Crippen LogP contribution is -2.56. The smallest absolute Gasteiger partial charge is 0.410 e. The number of halogens is 3. The number of esters is 1. The number of amides is 1. The molecule has 61 heavy (non-hydrogen) atoms. The maximum absolute atomic E-state index is 17.2. The molecule has 3 aromatic carbocycles. The average Bonchev–Trinajstić information content (AvgIpc) is 3.87. The van der Waals surface area contributed by atoms with E-state index in [2.05, 4.69) is 20.8 Å². The summed E-state index contributed by atoms with van der Waals surface area (Å²) >= 11 is 0. The SMILES string of the molecule is C#Cc1c(F)ccc2cc(O)cc(-c3ncc4c(N5CC6CCC(C5)N6C(=O)OCc5ccc(OC(=O)CCCC)cc5)nc(OC[C@@]56CCCN5C[C@H](F)C6)nc4c3F)c12. The van der Waals surface area contributed by atoms with Crippen LogP contribution in [0.1, 0.15) is 69.4 Å². The minimum absolute atomic E-state index is 0.0269. The third kappa shape index (κ3) is 7.62. The van der Waals surface area contributed by atoms with Crippen molar-refractivity contribution >= 4 is 39.6 Å². The molecule has 0 radical (unpaired) electrons. The summed E-state index contributed by atoms with van der Waals surface area (Å²) < 4.78 is 64.3. The Bertz CT molecular complexity index is 2560. The van der Waals surface area contributed by atoms with Gasteiger partial charge in [-0.15, -0.1) is 6.42 Å². The molecule has 5 aromatic rings. The van der Waals surface area contributed by atoms with Gasteiger partial charge in [0, 0.05) is 49.6 Å². The second kappa shape index (κ2) is 16.4. The number of hydrogen-bond acceptors (Lipinski definition) is 11. The zero-order valence-electron chi connectivity index (χ0n) is 33.7. The number of aromatic nitrogens is 3. The quantitative estimate of drug-likeness (QED) is 0.0794. The number of piperazine rings is 1. The van der Waals surface area contributed by atoms with Gasteiger partial charge in [-0.3, -0.25) is 19.6 Å². The van der Waals surface area contributed by atoms with Crippen LogP contribution in [0.4, 0.5) is 23.8 Å². The fraction of sp³-hybridized carbons (Fsp3) is 0.413. The molecule has 1 N–H and O–H groups in total. The molecule has 1 amide bonds. The van der Waals surface area contributed by atoms with Crippen molar-refractivity contribution in [3.05, 3.63) is 77.5 Å². The molecular weight excluding hydrogens is 790 g/mol. The van der Waals surface area contributed by atoms with Gasteiger partial charge in [0.15, 0.2) is 5.82 Å². The van der Waals surface area contributed by atoms with E-state index in [1.165, 1.54) is 30.5 Å². The highest BCUT2D eigenvalue weighted by atomic mass is 19.1. The molecule has 4 aliphatic heterocycles. The molecule has 6 heterocycles. The number of nitrogens with zero attached hydrogens (tertiary/aromatic N) is 6. The van der Waals surface area contributed by atoms with Gasteiger partial charge in [-0.2, -0.15) is 9.97 Å². The first-order valence-corrected chi connectivity index (χ1v) is 20.8. The number of phenolic OH excluding ortho intramolecular Hbond substituents is 1. The first kappa shape index (κ1) is 40.3. The second-order valence-electron chi connectivity index (χ2n) is 16.5. The number of carbonyl (C=O) groups is 2. The average molecular weight is 835 g/mol. The predicted molar refractivity (Wildman–Crippen MR) is 221 cm³/mol. The molecule has 4 saturated heterocycles. The van der Waals surface area contributed by atoms with Gasteiger partial charge in [0.1, 0.15) is 53.7 Å². The Balaban J connectivity index is 1.01. The molecule has 4 fully saturated rings. The van der Waals surface area contributed by atoms with Crippen LogP contribution in [0, 0.1) is 24.0 Å². The normalized spacial score (nSPS) is 22.1. The number of alkyl halides is 1. The Morgan fingerprint density at radius 2 is 1.84 bits per heavy atom. The van der Waals surface area contributed by atoms with E-state index in [1.54, 1.807) is 29.2 Å². The lowest BCUT2D eigenvalue weighted by molar-refractivity contribution is -0.134. The van der Waals surface area contributed by atoms with Crippen LogP contribution in [0.5, 0.6) is 17.5 Å². The fourth-order valence-corrected chi connectivity index (χ4v) is 9.67.